The van der Waals surface area contributed by atoms with E-state index in [0.29, 0.717) is 0 Å². The maximum Gasteiger partial charge on any atom is 0.237 e. The van der Waals surface area contributed by atoms with Gasteiger partial charge in [0.2, 0.25) is 5.91 Å². The molecule has 3 heteroatoms. The van der Waals surface area contributed by atoms with E-state index in [1.54, 1.807) is 0 Å². The second-order valence-electron chi connectivity index (χ2n) is 5.09. The smallest absolute Gasteiger partial charge is 0.237 e. The molecule has 1 atom stereocenters. The Bertz CT molecular complexity index is 405. The lowest BCUT2D eigenvalue weighted by molar-refractivity contribution is -0.123. The van der Waals surface area contributed by atoms with E-state index < -0.39 is 0 Å². The maximum absolute atomic E-state index is 12.1. The lowest BCUT2D eigenvalue weighted by Crippen LogP contribution is -2.45. The Labute approximate surface area is 102 Å². The van der Waals surface area contributed by atoms with Gasteiger partial charge in [-0.3, -0.25) is 4.79 Å². The number of carbonyl (C=O) groups excluding carboxylic acids is 1. The van der Waals surface area contributed by atoms with Crippen molar-refractivity contribution in [3.05, 3.63) is 35.9 Å². The van der Waals surface area contributed by atoms with Crippen LogP contribution in [0.1, 0.15) is 31.2 Å². The molecule has 3 rings (SSSR count). The van der Waals surface area contributed by atoms with Crippen LogP contribution in [-0.4, -0.2) is 18.5 Å². The lowest BCUT2D eigenvalue weighted by Gasteiger charge is -2.20. The minimum atomic E-state index is -0.0669. The minimum Gasteiger partial charge on any atom is -0.345 e. The van der Waals surface area contributed by atoms with Gasteiger partial charge in [0.15, 0.2) is 0 Å². The summed E-state index contributed by atoms with van der Waals surface area (Å²) in [7, 11) is 0. The second-order valence-corrected chi connectivity index (χ2v) is 5.09. The molecule has 1 aromatic rings. The zero-order valence-corrected chi connectivity index (χ0v) is 9.91. The van der Waals surface area contributed by atoms with Gasteiger partial charge in [0.1, 0.15) is 0 Å². The van der Waals surface area contributed by atoms with Crippen molar-refractivity contribution in [2.24, 2.45) is 0 Å². The summed E-state index contributed by atoms with van der Waals surface area (Å²) in [5.41, 5.74) is 1.18. The van der Waals surface area contributed by atoms with Gasteiger partial charge in [0.05, 0.1) is 11.6 Å². The molecule has 1 heterocycles. The fourth-order valence-corrected chi connectivity index (χ4v) is 2.60. The number of carbonyl (C=O) groups is 1. The molecule has 17 heavy (non-hydrogen) atoms. The molecule has 3 nitrogen and oxygen atoms in total. The molecule has 0 aromatic heterocycles. The standard InChI is InChI=1S/C14H18N2O/c17-13(12-7-4-10-15-12)16-14(8-9-14)11-5-2-1-3-6-11/h1-3,5-6,12,15H,4,7-10H2,(H,16,17). The molecular weight excluding hydrogens is 212 g/mol. The summed E-state index contributed by atoms with van der Waals surface area (Å²) in [6, 6.07) is 10.3. The fraction of sp³-hybridized carbons (Fsp3) is 0.500. The Morgan fingerprint density at radius 2 is 2.06 bits per heavy atom. The van der Waals surface area contributed by atoms with Crippen LogP contribution < -0.4 is 10.6 Å². The molecule has 1 amide bonds. The number of benzene rings is 1. The molecule has 1 aromatic carbocycles. The highest BCUT2D eigenvalue weighted by molar-refractivity contribution is 5.83. The highest BCUT2D eigenvalue weighted by Gasteiger charge is 2.46. The van der Waals surface area contributed by atoms with Crippen LogP contribution in [-0.2, 0) is 10.3 Å². The summed E-state index contributed by atoms with van der Waals surface area (Å²) >= 11 is 0. The van der Waals surface area contributed by atoms with E-state index in [2.05, 4.69) is 22.8 Å². The number of nitrogens with one attached hydrogen (secondary N) is 2. The summed E-state index contributed by atoms with van der Waals surface area (Å²) in [6.07, 6.45) is 4.21. The zero-order chi connectivity index (χ0) is 11.7. The van der Waals surface area contributed by atoms with Gasteiger partial charge in [-0.25, -0.2) is 0 Å². The first-order chi connectivity index (χ1) is 8.30. The maximum atomic E-state index is 12.1. The third-order valence-corrected chi connectivity index (χ3v) is 3.82. The second kappa shape index (κ2) is 4.15. The molecule has 0 bridgehead atoms. The highest BCUT2D eigenvalue weighted by Crippen LogP contribution is 2.45. The van der Waals surface area contributed by atoms with E-state index in [1.165, 1.54) is 5.56 Å². The van der Waals surface area contributed by atoms with Crippen LogP contribution in [0.25, 0.3) is 0 Å². The number of amides is 1. The van der Waals surface area contributed by atoms with Gasteiger partial charge < -0.3 is 10.6 Å². The first kappa shape index (κ1) is 10.8. The Morgan fingerprint density at radius 1 is 1.29 bits per heavy atom. The van der Waals surface area contributed by atoms with Gasteiger partial charge >= 0.3 is 0 Å². The predicted molar refractivity (Wildman–Crippen MR) is 66.5 cm³/mol. The molecule has 90 valence electrons. The molecule has 1 aliphatic carbocycles. The molecule has 2 fully saturated rings. The zero-order valence-electron chi connectivity index (χ0n) is 9.91. The summed E-state index contributed by atoms with van der Waals surface area (Å²) in [6.45, 7) is 0.969. The van der Waals surface area contributed by atoms with Crippen LogP contribution >= 0.6 is 0 Å². The van der Waals surface area contributed by atoms with Crippen LogP contribution in [0.2, 0.25) is 0 Å². The Kier molecular flexibility index (Phi) is 2.63. The van der Waals surface area contributed by atoms with Crippen molar-refractivity contribution >= 4 is 5.91 Å². The van der Waals surface area contributed by atoms with E-state index >= 15 is 0 Å². The summed E-state index contributed by atoms with van der Waals surface area (Å²) < 4.78 is 0. The number of rotatable bonds is 3. The average Bonchev–Trinajstić information content (AvgIpc) is 2.94. The van der Waals surface area contributed by atoms with E-state index in [4.69, 9.17) is 0 Å². The van der Waals surface area contributed by atoms with Crippen molar-refractivity contribution in [3.8, 4) is 0 Å². The molecular formula is C14H18N2O. The van der Waals surface area contributed by atoms with Crippen molar-refractivity contribution in [3.63, 3.8) is 0 Å². The van der Waals surface area contributed by atoms with Gasteiger partial charge in [0.25, 0.3) is 0 Å². The molecule has 1 unspecified atom stereocenters. The predicted octanol–water partition coefficient (Wildman–Crippen LogP) is 1.54. The third-order valence-electron chi connectivity index (χ3n) is 3.82. The van der Waals surface area contributed by atoms with Crippen LogP contribution in [0.4, 0.5) is 0 Å². The summed E-state index contributed by atoms with van der Waals surface area (Å²) in [5, 5.41) is 6.47. The SMILES string of the molecule is O=C(NC1(c2ccccc2)CC1)C1CCCN1. The van der Waals surface area contributed by atoms with Crippen LogP contribution in [0.5, 0.6) is 0 Å². The largest absolute Gasteiger partial charge is 0.345 e. The van der Waals surface area contributed by atoms with Crippen LogP contribution in [0.15, 0.2) is 30.3 Å². The van der Waals surface area contributed by atoms with Crippen LogP contribution in [0, 0.1) is 0 Å². The van der Waals surface area contributed by atoms with Gasteiger partial charge in [-0.1, -0.05) is 30.3 Å². The van der Waals surface area contributed by atoms with Crippen LogP contribution in [0.3, 0.4) is 0 Å². The Balaban J connectivity index is 1.70. The van der Waals surface area contributed by atoms with Crippen molar-refractivity contribution in [1.82, 2.24) is 10.6 Å². The van der Waals surface area contributed by atoms with Gasteiger partial charge in [-0.15, -0.1) is 0 Å². The first-order valence-electron chi connectivity index (χ1n) is 6.41. The summed E-state index contributed by atoms with van der Waals surface area (Å²) in [4.78, 5) is 12.1. The van der Waals surface area contributed by atoms with Crippen molar-refractivity contribution in [1.29, 1.82) is 0 Å². The number of hydrogen-bond donors (Lipinski definition) is 2. The van der Waals surface area contributed by atoms with E-state index in [0.717, 1.165) is 32.2 Å². The van der Waals surface area contributed by atoms with Crippen molar-refractivity contribution < 1.29 is 4.79 Å². The Morgan fingerprint density at radius 3 is 2.65 bits per heavy atom. The lowest BCUT2D eigenvalue weighted by atomic mass is 10.0. The quantitative estimate of drug-likeness (QED) is 0.827. The molecule has 2 N–H and O–H groups in total. The average molecular weight is 230 g/mol. The van der Waals surface area contributed by atoms with Gasteiger partial charge in [-0.2, -0.15) is 0 Å². The highest BCUT2D eigenvalue weighted by atomic mass is 16.2. The van der Waals surface area contributed by atoms with Crippen molar-refractivity contribution in [2.45, 2.75) is 37.3 Å². The van der Waals surface area contributed by atoms with Gasteiger partial charge in [0, 0.05) is 0 Å². The van der Waals surface area contributed by atoms with E-state index in [1.807, 2.05) is 18.2 Å². The van der Waals surface area contributed by atoms with Crippen molar-refractivity contribution in [2.75, 3.05) is 6.54 Å². The minimum absolute atomic E-state index is 0.0242. The molecule has 1 saturated heterocycles. The molecule has 2 aliphatic rings. The normalized spacial score (nSPS) is 25.5. The summed E-state index contributed by atoms with van der Waals surface area (Å²) in [5.74, 6) is 0.170. The molecule has 1 saturated carbocycles. The Hall–Kier alpha value is -1.35. The molecule has 1 aliphatic heterocycles. The fourth-order valence-electron chi connectivity index (χ4n) is 2.60. The van der Waals surface area contributed by atoms with E-state index in [9.17, 15) is 4.79 Å². The third kappa shape index (κ3) is 2.07. The molecule has 0 spiro atoms. The first-order valence-corrected chi connectivity index (χ1v) is 6.41. The van der Waals surface area contributed by atoms with E-state index in [-0.39, 0.29) is 17.5 Å². The topological polar surface area (TPSA) is 41.1 Å². The monoisotopic (exact) mass is 230 g/mol. The number of hydrogen-bond acceptors (Lipinski definition) is 2. The molecule has 0 radical (unpaired) electrons. The van der Waals surface area contributed by atoms with Gasteiger partial charge in [-0.05, 0) is 37.8 Å².